The van der Waals surface area contributed by atoms with Crippen LogP contribution >= 0.6 is 11.6 Å². The number of carbonyl (C=O) groups is 1. The molecule has 0 spiro atoms. The van der Waals surface area contributed by atoms with Crippen LogP contribution < -0.4 is 4.74 Å². The van der Waals surface area contributed by atoms with Crippen molar-refractivity contribution in [3.8, 4) is 5.75 Å². The number of unbranched alkanes of at least 4 members (excludes halogenated alkanes) is 1. The van der Waals surface area contributed by atoms with E-state index < -0.39 is 0 Å². The minimum atomic E-state index is -0.380. The molecule has 0 bridgehead atoms. The van der Waals surface area contributed by atoms with E-state index in [1.54, 1.807) is 18.3 Å². The molecule has 4 nitrogen and oxygen atoms in total. The summed E-state index contributed by atoms with van der Waals surface area (Å²) in [6.45, 7) is 0.887. The second-order valence-electron chi connectivity index (χ2n) is 6.39. The summed E-state index contributed by atoms with van der Waals surface area (Å²) in [6, 6.07) is 18.9. The summed E-state index contributed by atoms with van der Waals surface area (Å²) in [5.41, 5.74) is 2.64. The molecular weight excluding hydrogens is 374 g/mol. The Hall–Kier alpha value is -2.85. The van der Waals surface area contributed by atoms with Crippen LogP contribution in [0.5, 0.6) is 5.75 Å². The lowest BCUT2D eigenvalue weighted by Crippen LogP contribution is -2.05. The van der Waals surface area contributed by atoms with E-state index >= 15 is 0 Å². The number of rotatable bonds is 9. The van der Waals surface area contributed by atoms with E-state index in [1.807, 2.05) is 36.4 Å². The number of halogens is 1. The standard InChI is InChI=1S/C23H22ClNO3/c24-21-10-6-18(7-11-21)4-1-2-15-27-22-12-8-19(9-13-22)17-28-23(26)20-5-3-14-25-16-20/h3,5-14,16H,1-2,4,15,17H2. The van der Waals surface area contributed by atoms with Crippen LogP contribution in [0.2, 0.25) is 5.02 Å². The second-order valence-corrected chi connectivity index (χ2v) is 6.83. The van der Waals surface area contributed by atoms with Gasteiger partial charge in [0.25, 0.3) is 0 Å². The number of aromatic nitrogens is 1. The molecule has 0 saturated carbocycles. The summed E-state index contributed by atoms with van der Waals surface area (Å²) in [4.78, 5) is 15.8. The molecule has 3 rings (SSSR count). The van der Waals surface area contributed by atoms with E-state index in [0.29, 0.717) is 12.2 Å². The molecule has 0 saturated heterocycles. The Bertz CT molecular complexity index is 865. The monoisotopic (exact) mass is 395 g/mol. The highest BCUT2D eigenvalue weighted by Gasteiger charge is 2.07. The predicted octanol–water partition coefficient (Wildman–Crippen LogP) is 5.49. The fourth-order valence-corrected chi connectivity index (χ4v) is 2.80. The predicted molar refractivity (Wildman–Crippen MR) is 110 cm³/mol. The zero-order valence-corrected chi connectivity index (χ0v) is 16.3. The quantitative estimate of drug-likeness (QED) is 0.355. The highest BCUT2D eigenvalue weighted by Crippen LogP contribution is 2.15. The molecule has 0 unspecified atom stereocenters. The van der Waals surface area contributed by atoms with Gasteiger partial charge in [-0.1, -0.05) is 35.9 Å². The highest BCUT2D eigenvalue weighted by molar-refractivity contribution is 6.30. The average molecular weight is 396 g/mol. The van der Waals surface area contributed by atoms with Crippen molar-refractivity contribution in [3.63, 3.8) is 0 Å². The number of nitrogens with zero attached hydrogens (tertiary/aromatic N) is 1. The molecule has 0 atom stereocenters. The van der Waals surface area contributed by atoms with Gasteiger partial charge in [0, 0.05) is 17.4 Å². The van der Waals surface area contributed by atoms with Crippen molar-refractivity contribution in [2.75, 3.05) is 6.61 Å². The molecule has 1 heterocycles. The van der Waals surface area contributed by atoms with E-state index in [-0.39, 0.29) is 12.6 Å². The van der Waals surface area contributed by atoms with Gasteiger partial charge in [0.1, 0.15) is 12.4 Å². The second kappa shape index (κ2) is 10.5. The number of carbonyl (C=O) groups excluding carboxylic acids is 1. The van der Waals surface area contributed by atoms with Gasteiger partial charge in [0.2, 0.25) is 0 Å². The summed E-state index contributed by atoms with van der Waals surface area (Å²) >= 11 is 5.89. The van der Waals surface area contributed by atoms with Crippen LogP contribution in [0, 0.1) is 0 Å². The molecule has 144 valence electrons. The van der Waals surface area contributed by atoms with Gasteiger partial charge >= 0.3 is 5.97 Å². The van der Waals surface area contributed by atoms with Crippen molar-refractivity contribution >= 4 is 17.6 Å². The van der Waals surface area contributed by atoms with Gasteiger partial charge in [-0.3, -0.25) is 4.98 Å². The molecule has 0 N–H and O–H groups in total. The molecule has 0 radical (unpaired) electrons. The van der Waals surface area contributed by atoms with Crippen LogP contribution in [0.1, 0.15) is 34.3 Å². The van der Waals surface area contributed by atoms with Gasteiger partial charge in [-0.15, -0.1) is 0 Å². The van der Waals surface area contributed by atoms with Gasteiger partial charge in [0.15, 0.2) is 0 Å². The largest absolute Gasteiger partial charge is 0.494 e. The van der Waals surface area contributed by atoms with Gasteiger partial charge in [-0.25, -0.2) is 4.79 Å². The molecule has 2 aromatic carbocycles. The highest BCUT2D eigenvalue weighted by atomic mass is 35.5. The molecule has 1 aromatic heterocycles. The Morgan fingerprint density at radius 2 is 1.68 bits per heavy atom. The molecule has 0 amide bonds. The van der Waals surface area contributed by atoms with Crippen LogP contribution in [-0.2, 0) is 17.8 Å². The van der Waals surface area contributed by atoms with E-state index in [9.17, 15) is 4.79 Å². The van der Waals surface area contributed by atoms with Crippen LogP contribution in [0.15, 0.2) is 73.1 Å². The summed E-state index contributed by atoms with van der Waals surface area (Å²) in [5.74, 6) is 0.433. The fourth-order valence-electron chi connectivity index (χ4n) is 2.67. The zero-order chi connectivity index (χ0) is 19.6. The van der Waals surface area contributed by atoms with E-state index in [0.717, 1.165) is 35.6 Å². The van der Waals surface area contributed by atoms with Crippen molar-refractivity contribution in [1.29, 1.82) is 0 Å². The van der Waals surface area contributed by atoms with Gasteiger partial charge in [0.05, 0.1) is 12.2 Å². The minimum absolute atomic E-state index is 0.217. The smallest absolute Gasteiger partial charge is 0.340 e. The molecule has 28 heavy (non-hydrogen) atoms. The molecular formula is C23H22ClNO3. The SMILES string of the molecule is O=C(OCc1ccc(OCCCCc2ccc(Cl)cc2)cc1)c1cccnc1. The Labute approximate surface area is 170 Å². The van der Waals surface area contributed by atoms with Crippen molar-refractivity contribution in [2.45, 2.75) is 25.9 Å². The third kappa shape index (κ3) is 6.39. The average Bonchev–Trinajstić information content (AvgIpc) is 2.74. The van der Waals surface area contributed by atoms with Crippen LogP contribution in [0.25, 0.3) is 0 Å². The number of pyridine rings is 1. The Morgan fingerprint density at radius 3 is 2.39 bits per heavy atom. The lowest BCUT2D eigenvalue weighted by Gasteiger charge is -2.08. The van der Waals surface area contributed by atoms with Gasteiger partial charge in [-0.2, -0.15) is 0 Å². The van der Waals surface area contributed by atoms with E-state index in [2.05, 4.69) is 17.1 Å². The van der Waals surface area contributed by atoms with Crippen molar-refractivity contribution in [2.24, 2.45) is 0 Å². The first-order valence-electron chi connectivity index (χ1n) is 9.24. The topological polar surface area (TPSA) is 48.4 Å². The number of hydrogen-bond donors (Lipinski definition) is 0. The van der Waals surface area contributed by atoms with Gasteiger partial charge in [-0.05, 0) is 66.8 Å². The number of ether oxygens (including phenoxy) is 2. The third-order valence-electron chi connectivity index (χ3n) is 4.23. The number of aryl methyl sites for hydroxylation is 1. The maximum absolute atomic E-state index is 11.9. The molecule has 0 aliphatic carbocycles. The lowest BCUT2D eigenvalue weighted by atomic mass is 10.1. The maximum atomic E-state index is 11.9. The first-order chi connectivity index (χ1) is 13.7. The minimum Gasteiger partial charge on any atom is -0.494 e. The van der Waals surface area contributed by atoms with Crippen molar-refractivity contribution in [1.82, 2.24) is 4.98 Å². The first-order valence-corrected chi connectivity index (χ1v) is 9.62. The van der Waals surface area contributed by atoms with Gasteiger partial charge < -0.3 is 9.47 Å². The molecule has 5 heteroatoms. The Kier molecular flexibility index (Phi) is 7.44. The molecule has 3 aromatic rings. The Morgan fingerprint density at radius 1 is 0.929 bits per heavy atom. The van der Waals surface area contributed by atoms with E-state index in [1.165, 1.54) is 11.8 Å². The van der Waals surface area contributed by atoms with Crippen LogP contribution in [-0.4, -0.2) is 17.6 Å². The Balaban J connectivity index is 1.35. The van der Waals surface area contributed by atoms with E-state index in [4.69, 9.17) is 21.1 Å². The summed E-state index contributed by atoms with van der Waals surface area (Å²) in [5, 5.41) is 0.766. The molecule has 0 fully saturated rings. The third-order valence-corrected chi connectivity index (χ3v) is 4.48. The maximum Gasteiger partial charge on any atom is 0.340 e. The fraction of sp³-hybridized carbons (Fsp3) is 0.217. The summed E-state index contributed by atoms with van der Waals surface area (Å²) in [6.07, 6.45) is 6.16. The lowest BCUT2D eigenvalue weighted by molar-refractivity contribution is 0.0472. The number of esters is 1. The van der Waals surface area contributed by atoms with Crippen molar-refractivity contribution in [3.05, 3.63) is 94.8 Å². The summed E-state index contributed by atoms with van der Waals surface area (Å²) < 4.78 is 11.1. The summed E-state index contributed by atoms with van der Waals surface area (Å²) in [7, 11) is 0. The van der Waals surface area contributed by atoms with Crippen LogP contribution in [0.4, 0.5) is 0 Å². The van der Waals surface area contributed by atoms with Crippen molar-refractivity contribution < 1.29 is 14.3 Å². The number of benzene rings is 2. The molecule has 0 aliphatic heterocycles. The molecule has 0 aliphatic rings. The van der Waals surface area contributed by atoms with Crippen LogP contribution in [0.3, 0.4) is 0 Å². The first kappa shape index (κ1) is 19.9. The normalized spacial score (nSPS) is 10.5. The zero-order valence-electron chi connectivity index (χ0n) is 15.5. The number of hydrogen-bond acceptors (Lipinski definition) is 4.